The van der Waals surface area contributed by atoms with Gasteiger partial charge in [0.05, 0.1) is 35.3 Å². The molecule has 1 N–H and O–H groups in total. The monoisotopic (exact) mass is 418 g/mol. The van der Waals surface area contributed by atoms with Gasteiger partial charge in [0, 0.05) is 12.2 Å². The molecule has 0 unspecified atom stereocenters. The van der Waals surface area contributed by atoms with Crippen LogP contribution in [0, 0.1) is 6.92 Å². The largest absolute Gasteiger partial charge is 0.507 e. The topological polar surface area (TPSA) is 73.1 Å². The normalized spacial score (nSPS) is 21.1. The molecular formula is C21H21F3N4O2. The van der Waals surface area contributed by atoms with Crippen LogP contribution >= 0.6 is 0 Å². The lowest BCUT2D eigenvalue weighted by molar-refractivity contribution is -0.161. The van der Waals surface area contributed by atoms with E-state index in [9.17, 15) is 18.3 Å². The Morgan fingerprint density at radius 1 is 1.23 bits per heavy atom. The van der Waals surface area contributed by atoms with Crippen LogP contribution in [-0.2, 0) is 10.9 Å². The first-order valence-corrected chi connectivity index (χ1v) is 10.0. The van der Waals surface area contributed by atoms with E-state index in [0.717, 1.165) is 44.8 Å². The second kappa shape index (κ2) is 6.66. The summed E-state index contributed by atoms with van der Waals surface area (Å²) in [5.41, 5.74) is 0.713. The molecule has 0 bridgehead atoms. The van der Waals surface area contributed by atoms with Crippen LogP contribution in [0.25, 0.3) is 22.4 Å². The summed E-state index contributed by atoms with van der Waals surface area (Å²) in [7, 11) is 0. The molecule has 30 heavy (non-hydrogen) atoms. The van der Waals surface area contributed by atoms with E-state index in [1.165, 1.54) is 13.1 Å². The molecule has 2 aliphatic rings. The number of phenols is 1. The number of nitrogens with zero attached hydrogens (tertiary/aromatic N) is 4. The minimum absolute atomic E-state index is 0.126. The number of aromatic hydroxyl groups is 1. The van der Waals surface area contributed by atoms with E-state index >= 15 is 0 Å². The molecule has 0 radical (unpaired) electrons. The van der Waals surface area contributed by atoms with Crippen molar-refractivity contribution in [1.29, 1.82) is 0 Å². The van der Waals surface area contributed by atoms with Crippen LogP contribution in [0.15, 0.2) is 24.5 Å². The van der Waals surface area contributed by atoms with Crippen LogP contribution in [0.4, 0.5) is 13.2 Å². The Balaban J connectivity index is 1.54. The van der Waals surface area contributed by atoms with Gasteiger partial charge >= 0.3 is 6.18 Å². The fraction of sp³-hybridized carbons (Fsp3) is 0.476. The molecular weight excluding hydrogens is 397 g/mol. The highest BCUT2D eigenvalue weighted by Gasteiger charge is 2.48. The summed E-state index contributed by atoms with van der Waals surface area (Å²) in [6.07, 6.45) is 3.88. The standard InChI is InChI=1S/C21H21F3N4O2/c1-12-8-13(21(22,23)24)9-16(29)18(12)14-10-25-15-11-28(27-19(15)26-14)17-4-2-7-30-20(17)5-3-6-20/h8-11,17,29H,2-7H2,1H3/t17-/m1/s1. The van der Waals surface area contributed by atoms with Gasteiger partial charge in [-0.2, -0.15) is 18.3 Å². The minimum atomic E-state index is -4.53. The van der Waals surface area contributed by atoms with Gasteiger partial charge in [-0.05, 0) is 56.7 Å². The number of hydrogen-bond acceptors (Lipinski definition) is 5. The Morgan fingerprint density at radius 3 is 2.70 bits per heavy atom. The summed E-state index contributed by atoms with van der Waals surface area (Å²) in [5, 5.41) is 14.9. The molecule has 1 aliphatic carbocycles. The number of benzene rings is 1. The molecule has 3 aromatic rings. The molecule has 0 amide bonds. The fourth-order valence-electron chi connectivity index (χ4n) is 4.65. The van der Waals surface area contributed by atoms with Gasteiger partial charge in [0.1, 0.15) is 11.3 Å². The molecule has 9 heteroatoms. The third-order valence-electron chi connectivity index (χ3n) is 6.28. The van der Waals surface area contributed by atoms with Crippen LogP contribution < -0.4 is 0 Å². The van der Waals surface area contributed by atoms with Gasteiger partial charge in [-0.1, -0.05) is 0 Å². The number of aromatic nitrogens is 4. The Hall–Kier alpha value is -2.68. The third-order valence-corrected chi connectivity index (χ3v) is 6.28. The van der Waals surface area contributed by atoms with Crippen molar-refractivity contribution in [2.75, 3.05) is 6.61 Å². The number of hydrogen-bond donors (Lipinski definition) is 1. The predicted molar refractivity (Wildman–Crippen MR) is 103 cm³/mol. The highest BCUT2D eigenvalue weighted by atomic mass is 19.4. The summed E-state index contributed by atoms with van der Waals surface area (Å²) in [6.45, 7) is 2.28. The minimum Gasteiger partial charge on any atom is -0.507 e. The summed E-state index contributed by atoms with van der Waals surface area (Å²) in [6, 6.07) is 1.84. The second-order valence-electron chi connectivity index (χ2n) is 8.18. The van der Waals surface area contributed by atoms with E-state index in [4.69, 9.17) is 4.74 Å². The van der Waals surface area contributed by atoms with Crippen molar-refractivity contribution in [3.63, 3.8) is 0 Å². The van der Waals surface area contributed by atoms with Crippen LogP contribution in [0.1, 0.15) is 49.3 Å². The molecule has 1 spiro atoms. The summed E-state index contributed by atoms with van der Waals surface area (Å²) < 4.78 is 47.0. The Bertz CT molecular complexity index is 1100. The molecule has 1 saturated carbocycles. The highest BCUT2D eigenvalue weighted by molar-refractivity contribution is 5.77. The highest BCUT2D eigenvalue weighted by Crippen LogP contribution is 2.48. The number of aryl methyl sites for hydroxylation is 1. The van der Waals surface area contributed by atoms with Gasteiger partial charge < -0.3 is 9.84 Å². The maximum absolute atomic E-state index is 13.0. The molecule has 2 aromatic heterocycles. The Labute approximate surface area is 170 Å². The Kier molecular flexibility index (Phi) is 4.29. The van der Waals surface area contributed by atoms with E-state index < -0.39 is 17.5 Å². The number of ether oxygens (including phenoxy) is 1. The van der Waals surface area contributed by atoms with Crippen LogP contribution in [0.2, 0.25) is 0 Å². The number of alkyl halides is 3. The fourth-order valence-corrected chi connectivity index (χ4v) is 4.65. The average Bonchev–Trinajstić information content (AvgIpc) is 3.08. The van der Waals surface area contributed by atoms with Crippen molar-refractivity contribution < 1.29 is 23.0 Å². The maximum atomic E-state index is 13.0. The summed E-state index contributed by atoms with van der Waals surface area (Å²) in [5.74, 6) is -0.482. The van der Waals surface area contributed by atoms with Crippen LogP contribution in [0.5, 0.6) is 5.75 Å². The lowest BCUT2D eigenvalue weighted by Gasteiger charge is -2.49. The van der Waals surface area contributed by atoms with E-state index in [-0.39, 0.29) is 28.5 Å². The zero-order valence-electron chi connectivity index (χ0n) is 16.4. The SMILES string of the molecule is Cc1cc(C(F)(F)F)cc(O)c1-c1cnc2cn([C@@H]3CCCOC34CCC4)nc2n1. The molecule has 6 nitrogen and oxygen atoms in total. The zero-order valence-corrected chi connectivity index (χ0v) is 16.4. The average molecular weight is 418 g/mol. The van der Waals surface area contributed by atoms with Crippen molar-refractivity contribution in [3.05, 3.63) is 35.7 Å². The van der Waals surface area contributed by atoms with Gasteiger partial charge in [-0.3, -0.25) is 4.68 Å². The molecule has 5 rings (SSSR count). The molecule has 1 saturated heterocycles. The number of rotatable bonds is 2. The quantitative estimate of drug-likeness (QED) is 0.647. The van der Waals surface area contributed by atoms with Gasteiger partial charge in [0.2, 0.25) is 0 Å². The summed E-state index contributed by atoms with van der Waals surface area (Å²) in [4.78, 5) is 8.89. The van der Waals surface area contributed by atoms with E-state index in [0.29, 0.717) is 17.2 Å². The van der Waals surface area contributed by atoms with Crippen molar-refractivity contribution in [3.8, 4) is 17.0 Å². The third kappa shape index (κ3) is 3.03. The van der Waals surface area contributed by atoms with Crippen molar-refractivity contribution in [2.24, 2.45) is 0 Å². The van der Waals surface area contributed by atoms with E-state index in [2.05, 4.69) is 15.1 Å². The zero-order chi connectivity index (χ0) is 21.1. The lowest BCUT2D eigenvalue weighted by atomic mass is 9.72. The first-order chi connectivity index (χ1) is 14.3. The Morgan fingerprint density at radius 2 is 2.03 bits per heavy atom. The van der Waals surface area contributed by atoms with E-state index in [1.54, 1.807) is 0 Å². The predicted octanol–water partition coefficient (Wildman–Crippen LogP) is 4.80. The van der Waals surface area contributed by atoms with Crippen LogP contribution in [-0.4, -0.2) is 37.1 Å². The van der Waals surface area contributed by atoms with Gasteiger partial charge in [0.15, 0.2) is 5.65 Å². The van der Waals surface area contributed by atoms with Crippen molar-refractivity contribution in [1.82, 2.24) is 19.7 Å². The lowest BCUT2D eigenvalue weighted by Crippen LogP contribution is -2.50. The van der Waals surface area contributed by atoms with Crippen molar-refractivity contribution >= 4 is 11.2 Å². The number of phenolic OH excluding ortho intramolecular Hbond substituents is 1. The van der Waals surface area contributed by atoms with E-state index in [1.807, 2.05) is 10.9 Å². The van der Waals surface area contributed by atoms with Crippen LogP contribution in [0.3, 0.4) is 0 Å². The molecule has 3 heterocycles. The van der Waals surface area contributed by atoms with Gasteiger partial charge in [0.25, 0.3) is 0 Å². The number of halogens is 3. The second-order valence-corrected chi connectivity index (χ2v) is 8.18. The molecule has 1 aliphatic heterocycles. The first-order valence-electron chi connectivity index (χ1n) is 10.0. The van der Waals surface area contributed by atoms with Gasteiger partial charge in [-0.25, -0.2) is 9.97 Å². The molecule has 158 valence electrons. The first kappa shape index (κ1) is 19.3. The molecule has 1 atom stereocenters. The number of fused-ring (bicyclic) bond motifs is 1. The summed E-state index contributed by atoms with van der Waals surface area (Å²) >= 11 is 0. The smallest absolute Gasteiger partial charge is 0.416 e. The van der Waals surface area contributed by atoms with Gasteiger partial charge in [-0.15, -0.1) is 0 Å². The molecule has 2 fully saturated rings. The van der Waals surface area contributed by atoms with Crippen molar-refractivity contribution in [2.45, 2.75) is 56.8 Å². The maximum Gasteiger partial charge on any atom is 0.416 e. The molecule has 1 aromatic carbocycles.